The second-order valence-corrected chi connectivity index (χ2v) is 3.71. The monoisotopic (exact) mass is 158 g/mol. The van der Waals surface area contributed by atoms with Crippen LogP contribution in [0, 0.1) is 0 Å². The van der Waals surface area contributed by atoms with E-state index in [1.807, 2.05) is 0 Å². The van der Waals surface area contributed by atoms with Crippen LogP contribution in [0.15, 0.2) is 0 Å². The Morgan fingerprint density at radius 2 is 1.73 bits per heavy atom. The van der Waals surface area contributed by atoms with Crippen LogP contribution in [0.5, 0.6) is 0 Å². The van der Waals surface area contributed by atoms with Gasteiger partial charge in [0.05, 0.1) is 5.60 Å². The molecule has 68 valence electrons. The zero-order valence-corrected chi connectivity index (χ0v) is 8.44. The number of ether oxygens (including phenoxy) is 1. The summed E-state index contributed by atoms with van der Waals surface area (Å²) < 4.78 is 5.68. The number of rotatable bonds is 6. The Kier molecular flexibility index (Phi) is 5.57. The van der Waals surface area contributed by atoms with E-state index in [-0.39, 0.29) is 5.60 Å². The molecule has 11 heavy (non-hydrogen) atoms. The zero-order chi connectivity index (χ0) is 8.74. The van der Waals surface area contributed by atoms with Gasteiger partial charge < -0.3 is 4.74 Å². The highest BCUT2D eigenvalue weighted by Gasteiger charge is 2.16. The Labute approximate surface area is 71.1 Å². The minimum Gasteiger partial charge on any atom is -0.376 e. The normalized spacial score (nSPS) is 12.0. The molecule has 0 radical (unpaired) electrons. The minimum atomic E-state index is 0.103. The topological polar surface area (TPSA) is 9.23 Å². The molecule has 0 aliphatic carbocycles. The fraction of sp³-hybridized carbons (Fsp3) is 1.00. The first-order chi connectivity index (χ1) is 5.12. The van der Waals surface area contributed by atoms with E-state index < -0.39 is 0 Å². The van der Waals surface area contributed by atoms with Gasteiger partial charge in [0.2, 0.25) is 0 Å². The van der Waals surface area contributed by atoms with Crippen LogP contribution in [0.2, 0.25) is 0 Å². The summed E-state index contributed by atoms with van der Waals surface area (Å²) in [6.07, 6.45) is 4.84. The molecule has 0 spiro atoms. The van der Waals surface area contributed by atoms with Gasteiger partial charge in [0.15, 0.2) is 0 Å². The van der Waals surface area contributed by atoms with Gasteiger partial charge in [0.25, 0.3) is 0 Å². The van der Waals surface area contributed by atoms with Crippen LogP contribution >= 0.6 is 0 Å². The van der Waals surface area contributed by atoms with Crippen LogP contribution in [0.25, 0.3) is 0 Å². The molecule has 1 heteroatoms. The summed E-state index contributed by atoms with van der Waals surface area (Å²) in [5.74, 6) is 0. The molecule has 1 nitrogen and oxygen atoms in total. The average molecular weight is 158 g/mol. The molecular weight excluding hydrogens is 136 g/mol. The fourth-order valence-corrected chi connectivity index (χ4v) is 1.05. The second kappa shape index (κ2) is 5.59. The van der Waals surface area contributed by atoms with Crippen molar-refractivity contribution in [3.05, 3.63) is 0 Å². The fourth-order valence-electron chi connectivity index (χ4n) is 1.05. The standard InChI is InChI=1S/C10H22O/c1-5-7-8-10(3,4)11-9-6-2/h5-9H2,1-4H3. The first kappa shape index (κ1) is 11.0. The summed E-state index contributed by atoms with van der Waals surface area (Å²) >= 11 is 0. The van der Waals surface area contributed by atoms with Gasteiger partial charge in [-0.05, 0) is 26.7 Å². The van der Waals surface area contributed by atoms with Crippen molar-refractivity contribution in [1.29, 1.82) is 0 Å². The lowest BCUT2D eigenvalue weighted by atomic mass is 10.0. The van der Waals surface area contributed by atoms with Crippen LogP contribution < -0.4 is 0 Å². The molecule has 0 unspecified atom stereocenters. The maximum absolute atomic E-state index is 5.68. The van der Waals surface area contributed by atoms with E-state index in [0.717, 1.165) is 13.0 Å². The van der Waals surface area contributed by atoms with Gasteiger partial charge >= 0.3 is 0 Å². The summed E-state index contributed by atoms with van der Waals surface area (Å²) in [6, 6.07) is 0. The summed E-state index contributed by atoms with van der Waals surface area (Å²) in [7, 11) is 0. The van der Waals surface area contributed by atoms with Gasteiger partial charge in [-0.3, -0.25) is 0 Å². The summed E-state index contributed by atoms with van der Waals surface area (Å²) in [5, 5.41) is 0. The highest BCUT2D eigenvalue weighted by atomic mass is 16.5. The third-order valence-electron chi connectivity index (χ3n) is 1.83. The molecule has 0 N–H and O–H groups in total. The highest BCUT2D eigenvalue weighted by Crippen LogP contribution is 2.17. The van der Waals surface area contributed by atoms with Crippen molar-refractivity contribution >= 4 is 0 Å². The molecule has 0 amide bonds. The van der Waals surface area contributed by atoms with Crippen LogP contribution in [0.3, 0.4) is 0 Å². The van der Waals surface area contributed by atoms with Crippen molar-refractivity contribution in [3.63, 3.8) is 0 Å². The summed E-state index contributed by atoms with van der Waals surface area (Å²) in [6.45, 7) is 9.62. The molecule has 0 aliphatic rings. The maximum Gasteiger partial charge on any atom is 0.0626 e. The average Bonchev–Trinajstić information content (AvgIpc) is 1.97. The Morgan fingerprint density at radius 3 is 2.18 bits per heavy atom. The van der Waals surface area contributed by atoms with E-state index in [1.165, 1.54) is 19.3 Å². The summed E-state index contributed by atoms with van der Waals surface area (Å²) in [5.41, 5.74) is 0.103. The van der Waals surface area contributed by atoms with E-state index in [4.69, 9.17) is 4.74 Å². The molecule has 0 saturated carbocycles. The van der Waals surface area contributed by atoms with E-state index in [2.05, 4.69) is 27.7 Å². The van der Waals surface area contributed by atoms with Crippen molar-refractivity contribution in [2.24, 2.45) is 0 Å². The Hall–Kier alpha value is -0.0400. The first-order valence-electron chi connectivity index (χ1n) is 4.76. The quantitative estimate of drug-likeness (QED) is 0.576. The minimum absolute atomic E-state index is 0.103. The number of hydrogen-bond acceptors (Lipinski definition) is 1. The molecule has 0 aromatic rings. The van der Waals surface area contributed by atoms with Crippen molar-refractivity contribution in [2.75, 3.05) is 6.61 Å². The lowest BCUT2D eigenvalue weighted by Crippen LogP contribution is -2.24. The number of unbranched alkanes of at least 4 members (excludes halogenated alkanes) is 1. The molecule has 0 atom stereocenters. The lowest BCUT2D eigenvalue weighted by Gasteiger charge is -2.24. The molecule has 0 aromatic carbocycles. The predicted octanol–water partition coefficient (Wildman–Crippen LogP) is 3.38. The van der Waals surface area contributed by atoms with Crippen molar-refractivity contribution in [2.45, 2.75) is 59.0 Å². The molecule has 0 rings (SSSR count). The highest BCUT2D eigenvalue weighted by molar-refractivity contribution is 4.67. The van der Waals surface area contributed by atoms with E-state index >= 15 is 0 Å². The largest absolute Gasteiger partial charge is 0.376 e. The Balaban J connectivity index is 3.43. The molecule has 0 aliphatic heterocycles. The van der Waals surface area contributed by atoms with Gasteiger partial charge in [-0.2, -0.15) is 0 Å². The van der Waals surface area contributed by atoms with Crippen LogP contribution in [0.4, 0.5) is 0 Å². The number of hydrogen-bond donors (Lipinski definition) is 0. The Morgan fingerprint density at radius 1 is 1.09 bits per heavy atom. The Bertz CT molecular complexity index is 76.9. The van der Waals surface area contributed by atoms with Crippen LogP contribution in [0.1, 0.15) is 53.4 Å². The van der Waals surface area contributed by atoms with Crippen molar-refractivity contribution in [3.8, 4) is 0 Å². The molecular formula is C10H22O. The van der Waals surface area contributed by atoms with Crippen molar-refractivity contribution in [1.82, 2.24) is 0 Å². The third kappa shape index (κ3) is 6.36. The maximum atomic E-state index is 5.68. The molecule has 0 aromatic heterocycles. The van der Waals surface area contributed by atoms with E-state index in [9.17, 15) is 0 Å². The first-order valence-corrected chi connectivity index (χ1v) is 4.76. The van der Waals surface area contributed by atoms with Gasteiger partial charge in [0, 0.05) is 6.61 Å². The zero-order valence-electron chi connectivity index (χ0n) is 8.44. The predicted molar refractivity (Wildman–Crippen MR) is 49.8 cm³/mol. The van der Waals surface area contributed by atoms with Crippen LogP contribution in [-0.2, 0) is 4.74 Å². The van der Waals surface area contributed by atoms with E-state index in [1.54, 1.807) is 0 Å². The smallest absolute Gasteiger partial charge is 0.0626 e. The van der Waals surface area contributed by atoms with E-state index in [0.29, 0.717) is 0 Å². The van der Waals surface area contributed by atoms with Gasteiger partial charge in [0.1, 0.15) is 0 Å². The SMILES string of the molecule is CCCCC(C)(C)OCCC. The molecule has 0 bridgehead atoms. The molecule has 0 saturated heterocycles. The summed E-state index contributed by atoms with van der Waals surface area (Å²) in [4.78, 5) is 0. The third-order valence-corrected chi connectivity index (χ3v) is 1.83. The van der Waals surface area contributed by atoms with Gasteiger partial charge in [-0.15, -0.1) is 0 Å². The van der Waals surface area contributed by atoms with Gasteiger partial charge in [-0.25, -0.2) is 0 Å². The molecule has 0 heterocycles. The van der Waals surface area contributed by atoms with Crippen molar-refractivity contribution < 1.29 is 4.74 Å². The lowest BCUT2D eigenvalue weighted by molar-refractivity contribution is -0.0243. The second-order valence-electron chi connectivity index (χ2n) is 3.71. The van der Waals surface area contributed by atoms with Crippen LogP contribution in [-0.4, -0.2) is 12.2 Å². The van der Waals surface area contributed by atoms with Gasteiger partial charge in [-0.1, -0.05) is 26.7 Å². The molecule has 0 fully saturated rings.